The highest BCUT2D eigenvalue weighted by Gasteiger charge is 2.12. The van der Waals surface area contributed by atoms with Crippen LogP contribution in [-0.2, 0) is 4.74 Å². The van der Waals surface area contributed by atoms with Crippen molar-refractivity contribution in [1.82, 2.24) is 20.4 Å². The summed E-state index contributed by atoms with van der Waals surface area (Å²) in [7, 11) is 0. The summed E-state index contributed by atoms with van der Waals surface area (Å²) in [4.78, 5) is 11.7. The quantitative estimate of drug-likeness (QED) is 0.750. The first kappa shape index (κ1) is 16.2. The molecule has 2 N–H and O–H groups in total. The molecule has 1 aromatic carbocycles. The Kier molecular flexibility index (Phi) is 4.35. The Morgan fingerprint density at radius 3 is 2.75 bits per heavy atom. The Morgan fingerprint density at radius 1 is 1.29 bits per heavy atom. The van der Waals surface area contributed by atoms with Gasteiger partial charge in [0.15, 0.2) is 5.82 Å². The number of carbonyl (C=O) groups is 1. The molecule has 124 valence electrons. The van der Waals surface area contributed by atoms with E-state index < -0.39 is 6.09 Å². The van der Waals surface area contributed by atoms with Crippen LogP contribution in [0.5, 0.6) is 0 Å². The number of aromatic amines is 1. The number of rotatable bonds is 3. The fourth-order valence-corrected chi connectivity index (χ4v) is 2.59. The number of anilines is 1. The normalized spacial score (nSPS) is 11.0. The van der Waals surface area contributed by atoms with Crippen molar-refractivity contribution in [3.8, 4) is 11.1 Å². The van der Waals surface area contributed by atoms with Crippen molar-refractivity contribution in [3.63, 3.8) is 0 Å². The van der Waals surface area contributed by atoms with E-state index in [-0.39, 0.29) is 6.10 Å². The van der Waals surface area contributed by atoms with Gasteiger partial charge >= 0.3 is 6.09 Å². The van der Waals surface area contributed by atoms with Crippen molar-refractivity contribution in [2.75, 3.05) is 5.32 Å². The van der Waals surface area contributed by atoms with E-state index in [0.29, 0.717) is 16.4 Å². The molecule has 3 aromatic rings. The number of halogens is 1. The van der Waals surface area contributed by atoms with Gasteiger partial charge < -0.3 is 4.74 Å². The molecule has 2 heterocycles. The average molecular weight is 346 g/mol. The van der Waals surface area contributed by atoms with Gasteiger partial charge in [0.1, 0.15) is 5.52 Å². The molecule has 0 spiro atoms. The molecule has 0 unspecified atom stereocenters. The van der Waals surface area contributed by atoms with Crippen LogP contribution in [0, 0.1) is 6.92 Å². The Morgan fingerprint density at radius 2 is 2.08 bits per heavy atom. The molecule has 2 aromatic heterocycles. The lowest BCUT2D eigenvalue weighted by molar-refractivity contribution is 0.130. The van der Waals surface area contributed by atoms with Crippen molar-refractivity contribution in [1.29, 1.82) is 0 Å². The van der Waals surface area contributed by atoms with Crippen LogP contribution in [0.25, 0.3) is 22.0 Å². The van der Waals surface area contributed by atoms with Gasteiger partial charge in [-0.1, -0.05) is 11.6 Å². The van der Waals surface area contributed by atoms with E-state index in [1.54, 1.807) is 26.1 Å². The van der Waals surface area contributed by atoms with Crippen LogP contribution in [0.4, 0.5) is 10.6 Å². The summed E-state index contributed by atoms with van der Waals surface area (Å²) >= 11 is 6.31. The zero-order chi connectivity index (χ0) is 17.3. The second kappa shape index (κ2) is 6.45. The van der Waals surface area contributed by atoms with Gasteiger partial charge in [-0.2, -0.15) is 5.10 Å². The average Bonchev–Trinajstić information content (AvgIpc) is 2.92. The third kappa shape index (κ3) is 3.30. The SMILES string of the molecule is Cc1[nH]ncc1-c1cc(Cl)c2nnc(NC(=O)OC(C)C)cc2c1. The van der Waals surface area contributed by atoms with Crippen LogP contribution in [0.15, 0.2) is 24.4 Å². The second-order valence-electron chi connectivity index (χ2n) is 5.61. The van der Waals surface area contributed by atoms with Crippen molar-refractivity contribution in [2.24, 2.45) is 0 Å². The van der Waals surface area contributed by atoms with Crippen molar-refractivity contribution in [3.05, 3.63) is 35.1 Å². The van der Waals surface area contributed by atoms with Gasteiger partial charge in [-0.05, 0) is 44.5 Å². The number of amides is 1. The first-order chi connectivity index (χ1) is 11.4. The maximum Gasteiger partial charge on any atom is 0.413 e. The molecule has 8 heteroatoms. The largest absolute Gasteiger partial charge is 0.447 e. The highest BCUT2D eigenvalue weighted by molar-refractivity contribution is 6.35. The van der Waals surface area contributed by atoms with Gasteiger partial charge in [0.2, 0.25) is 0 Å². The summed E-state index contributed by atoms with van der Waals surface area (Å²) in [6.45, 7) is 5.47. The number of hydrogen-bond acceptors (Lipinski definition) is 5. The summed E-state index contributed by atoms with van der Waals surface area (Å²) in [6.07, 6.45) is 0.941. The topological polar surface area (TPSA) is 92.8 Å². The monoisotopic (exact) mass is 345 g/mol. The number of nitrogens with one attached hydrogen (secondary N) is 2. The highest BCUT2D eigenvalue weighted by atomic mass is 35.5. The molecule has 0 radical (unpaired) electrons. The smallest absolute Gasteiger partial charge is 0.413 e. The van der Waals surface area contributed by atoms with Gasteiger partial charge in [0.25, 0.3) is 0 Å². The molecule has 1 amide bonds. The van der Waals surface area contributed by atoms with E-state index in [0.717, 1.165) is 22.2 Å². The second-order valence-corrected chi connectivity index (χ2v) is 6.02. The fraction of sp³-hybridized carbons (Fsp3) is 0.250. The van der Waals surface area contributed by atoms with Crippen molar-refractivity contribution >= 4 is 34.4 Å². The maximum atomic E-state index is 11.7. The van der Waals surface area contributed by atoms with Gasteiger partial charge in [-0.25, -0.2) is 4.79 Å². The molecule has 0 aliphatic carbocycles. The number of aryl methyl sites for hydroxylation is 1. The van der Waals surface area contributed by atoms with Gasteiger partial charge in [-0.3, -0.25) is 10.4 Å². The van der Waals surface area contributed by atoms with Crippen LogP contribution in [-0.4, -0.2) is 32.6 Å². The maximum absolute atomic E-state index is 11.7. The molecular formula is C16H16ClN5O2. The summed E-state index contributed by atoms with van der Waals surface area (Å²) in [5, 5.41) is 18.8. The van der Waals surface area contributed by atoms with Crippen LogP contribution in [0.1, 0.15) is 19.5 Å². The van der Waals surface area contributed by atoms with Crippen LogP contribution in [0.2, 0.25) is 5.02 Å². The number of nitrogens with zero attached hydrogens (tertiary/aromatic N) is 3. The number of hydrogen-bond donors (Lipinski definition) is 2. The molecule has 24 heavy (non-hydrogen) atoms. The molecule has 0 saturated heterocycles. The number of benzene rings is 1. The van der Waals surface area contributed by atoms with E-state index in [9.17, 15) is 4.79 Å². The highest BCUT2D eigenvalue weighted by Crippen LogP contribution is 2.31. The fourth-order valence-electron chi connectivity index (χ4n) is 2.32. The molecule has 0 bridgehead atoms. The van der Waals surface area contributed by atoms with E-state index >= 15 is 0 Å². The number of H-pyrrole nitrogens is 1. The Hall–Kier alpha value is -2.67. The summed E-state index contributed by atoms with van der Waals surface area (Å²) < 4.78 is 5.03. The zero-order valence-electron chi connectivity index (χ0n) is 13.4. The lowest BCUT2D eigenvalue weighted by atomic mass is 10.0. The Labute approximate surface area is 143 Å². The Bertz CT molecular complexity index is 907. The summed E-state index contributed by atoms with van der Waals surface area (Å²) in [5.74, 6) is 0.297. The van der Waals surface area contributed by atoms with E-state index in [1.165, 1.54) is 0 Å². The van der Waals surface area contributed by atoms with Crippen molar-refractivity contribution in [2.45, 2.75) is 26.9 Å². The molecule has 0 atom stereocenters. The van der Waals surface area contributed by atoms with E-state index in [1.807, 2.05) is 19.1 Å². The minimum absolute atomic E-state index is 0.219. The number of ether oxygens (including phenoxy) is 1. The van der Waals surface area contributed by atoms with Gasteiger partial charge in [0.05, 0.1) is 17.3 Å². The molecule has 0 aliphatic heterocycles. The summed E-state index contributed by atoms with van der Waals surface area (Å²) in [5.41, 5.74) is 3.35. The predicted molar refractivity (Wildman–Crippen MR) is 92.1 cm³/mol. The van der Waals surface area contributed by atoms with Gasteiger partial charge in [-0.15, -0.1) is 10.2 Å². The molecule has 0 fully saturated rings. The molecule has 0 saturated carbocycles. The lowest BCUT2D eigenvalue weighted by Gasteiger charge is -2.09. The predicted octanol–water partition coefficient (Wildman–Crippen LogP) is 3.94. The molecule has 7 nitrogen and oxygen atoms in total. The molecular weight excluding hydrogens is 330 g/mol. The van der Waals surface area contributed by atoms with Crippen LogP contribution >= 0.6 is 11.6 Å². The first-order valence-electron chi connectivity index (χ1n) is 7.39. The minimum atomic E-state index is -0.577. The summed E-state index contributed by atoms with van der Waals surface area (Å²) in [6, 6.07) is 5.44. The number of carbonyl (C=O) groups excluding carboxylic acids is 1. The standard InChI is InChI=1S/C16H16ClN5O2/c1-8(2)24-16(23)19-14-6-11-4-10(12-7-18-20-9(12)3)5-13(17)15(11)22-21-14/h4-8H,1-3H3,(H,18,20)(H,19,21,23). The first-order valence-corrected chi connectivity index (χ1v) is 7.77. The number of aromatic nitrogens is 4. The van der Waals surface area contributed by atoms with E-state index in [4.69, 9.17) is 16.3 Å². The van der Waals surface area contributed by atoms with Gasteiger partial charge in [0, 0.05) is 16.6 Å². The third-order valence-electron chi connectivity index (χ3n) is 3.36. The molecule has 3 rings (SSSR count). The molecule has 0 aliphatic rings. The lowest BCUT2D eigenvalue weighted by Crippen LogP contribution is -2.18. The Balaban J connectivity index is 1.99. The minimum Gasteiger partial charge on any atom is -0.447 e. The third-order valence-corrected chi connectivity index (χ3v) is 3.64. The van der Waals surface area contributed by atoms with E-state index in [2.05, 4.69) is 25.7 Å². The zero-order valence-corrected chi connectivity index (χ0v) is 14.2. The van der Waals surface area contributed by atoms with Crippen molar-refractivity contribution < 1.29 is 9.53 Å². The van der Waals surface area contributed by atoms with Crippen LogP contribution in [0.3, 0.4) is 0 Å². The number of fused-ring (bicyclic) bond motifs is 1. The van der Waals surface area contributed by atoms with Crippen LogP contribution < -0.4 is 5.32 Å².